The first-order valence-electron chi connectivity index (χ1n) is 6.71. The molecule has 0 radical (unpaired) electrons. The first kappa shape index (κ1) is 19.3. The molecule has 0 aliphatic carbocycles. The van der Waals surface area contributed by atoms with E-state index in [0.29, 0.717) is 29.8 Å². The molecule has 9 heteroatoms. The van der Waals surface area contributed by atoms with Gasteiger partial charge in [-0.05, 0) is 24.6 Å². The topological polar surface area (TPSA) is 75.3 Å². The minimum Gasteiger partial charge on any atom is -0.350 e. The fraction of sp³-hybridized carbons (Fsp3) is 0.357. The third-order valence-corrected chi connectivity index (χ3v) is 3.00. The lowest BCUT2D eigenvalue weighted by molar-refractivity contribution is 0.386. The van der Waals surface area contributed by atoms with Crippen LogP contribution < -0.4 is 10.6 Å². The van der Waals surface area contributed by atoms with Gasteiger partial charge in [-0.1, -0.05) is 11.2 Å². The maximum Gasteiger partial charge on any atom is 0.223 e. The van der Waals surface area contributed by atoms with Gasteiger partial charge in [0.15, 0.2) is 23.4 Å². The second-order valence-corrected chi connectivity index (χ2v) is 4.69. The molecule has 2 aromatic rings. The molecule has 126 valence electrons. The van der Waals surface area contributed by atoms with Gasteiger partial charge in [-0.15, -0.1) is 24.0 Å². The number of guanidine groups is 1. The van der Waals surface area contributed by atoms with Crippen molar-refractivity contribution in [3.8, 4) is 0 Å². The summed E-state index contributed by atoms with van der Waals surface area (Å²) in [5.74, 6) is -0.280. The van der Waals surface area contributed by atoms with Crippen LogP contribution in [0.5, 0.6) is 0 Å². The Kier molecular flexibility index (Phi) is 7.33. The molecule has 0 aliphatic rings. The zero-order valence-corrected chi connectivity index (χ0v) is 15.3. The molecule has 1 unspecified atom stereocenters. The number of halogens is 3. The molecular formula is C14H18F2IN5O. The van der Waals surface area contributed by atoms with Crippen LogP contribution in [0, 0.1) is 18.6 Å². The van der Waals surface area contributed by atoms with Crippen molar-refractivity contribution in [2.45, 2.75) is 26.4 Å². The van der Waals surface area contributed by atoms with Gasteiger partial charge in [-0.2, -0.15) is 4.98 Å². The van der Waals surface area contributed by atoms with E-state index in [0.717, 1.165) is 12.1 Å². The Labute approximate surface area is 149 Å². The van der Waals surface area contributed by atoms with Crippen LogP contribution in [-0.4, -0.2) is 23.1 Å². The summed E-state index contributed by atoms with van der Waals surface area (Å²) in [5.41, 5.74) is 0.609. The highest BCUT2D eigenvalue weighted by Gasteiger charge is 2.11. The monoisotopic (exact) mass is 437 g/mol. The van der Waals surface area contributed by atoms with E-state index in [4.69, 9.17) is 4.52 Å². The average molecular weight is 437 g/mol. The lowest BCUT2D eigenvalue weighted by atomic mass is 10.1. The lowest BCUT2D eigenvalue weighted by Crippen LogP contribution is -2.38. The van der Waals surface area contributed by atoms with Crippen molar-refractivity contribution >= 4 is 29.9 Å². The van der Waals surface area contributed by atoms with Crippen molar-refractivity contribution in [3.63, 3.8) is 0 Å². The summed E-state index contributed by atoms with van der Waals surface area (Å²) < 4.78 is 31.1. The molecule has 1 aromatic heterocycles. The number of hydrogen-bond acceptors (Lipinski definition) is 4. The van der Waals surface area contributed by atoms with Crippen LogP contribution in [-0.2, 0) is 6.54 Å². The maximum absolute atomic E-state index is 13.3. The molecule has 1 atom stereocenters. The summed E-state index contributed by atoms with van der Waals surface area (Å²) in [6.45, 7) is 3.86. The Balaban J connectivity index is 0.00000264. The largest absolute Gasteiger partial charge is 0.350 e. The van der Waals surface area contributed by atoms with Gasteiger partial charge in [-0.25, -0.2) is 8.78 Å². The van der Waals surface area contributed by atoms with Gasteiger partial charge in [0.05, 0.1) is 12.6 Å². The number of aliphatic imine (C=N–C) groups is 1. The van der Waals surface area contributed by atoms with Crippen molar-refractivity contribution in [2.75, 3.05) is 7.05 Å². The molecule has 0 saturated heterocycles. The molecule has 0 aliphatic heterocycles. The van der Waals surface area contributed by atoms with E-state index in [1.54, 1.807) is 14.0 Å². The van der Waals surface area contributed by atoms with Gasteiger partial charge in [0.25, 0.3) is 0 Å². The van der Waals surface area contributed by atoms with Crippen LogP contribution in [0.4, 0.5) is 8.78 Å². The molecule has 1 heterocycles. The minimum atomic E-state index is -0.878. The zero-order chi connectivity index (χ0) is 16.1. The molecule has 6 nitrogen and oxygen atoms in total. The lowest BCUT2D eigenvalue weighted by Gasteiger charge is -2.17. The third kappa shape index (κ3) is 5.41. The molecular weight excluding hydrogens is 419 g/mol. The Hall–Kier alpha value is -1.78. The Morgan fingerprint density at radius 3 is 2.65 bits per heavy atom. The van der Waals surface area contributed by atoms with Gasteiger partial charge in [-0.3, -0.25) is 4.99 Å². The summed E-state index contributed by atoms with van der Waals surface area (Å²) in [6, 6.07) is 3.52. The van der Waals surface area contributed by atoms with E-state index in [1.165, 1.54) is 6.07 Å². The van der Waals surface area contributed by atoms with Crippen LogP contribution in [0.25, 0.3) is 0 Å². The van der Waals surface area contributed by atoms with Gasteiger partial charge >= 0.3 is 0 Å². The van der Waals surface area contributed by atoms with Crippen LogP contribution in [0.3, 0.4) is 0 Å². The predicted octanol–water partition coefficient (Wildman–Crippen LogP) is 2.70. The van der Waals surface area contributed by atoms with Crippen LogP contribution in [0.1, 0.15) is 30.2 Å². The smallest absolute Gasteiger partial charge is 0.223 e. The van der Waals surface area contributed by atoms with Crippen molar-refractivity contribution in [1.29, 1.82) is 0 Å². The predicted molar refractivity (Wildman–Crippen MR) is 92.6 cm³/mol. The fourth-order valence-corrected chi connectivity index (χ4v) is 1.84. The number of aryl methyl sites for hydroxylation is 1. The van der Waals surface area contributed by atoms with Crippen molar-refractivity contribution < 1.29 is 13.3 Å². The zero-order valence-electron chi connectivity index (χ0n) is 12.9. The standard InChI is InChI=1S/C14H17F2N5O.HI/c1-8(10-4-5-11(15)12(16)6-10)19-14(17-3)18-7-13-20-9(2)22-21-13;/h4-6,8H,7H2,1-3H3,(H2,17,18,19);1H. The number of rotatable bonds is 4. The molecule has 0 amide bonds. The normalized spacial score (nSPS) is 12.5. The average Bonchev–Trinajstić information content (AvgIpc) is 2.91. The third-order valence-electron chi connectivity index (χ3n) is 3.00. The first-order chi connectivity index (χ1) is 10.5. The summed E-state index contributed by atoms with van der Waals surface area (Å²) in [6.07, 6.45) is 0. The highest BCUT2D eigenvalue weighted by atomic mass is 127. The highest BCUT2D eigenvalue weighted by molar-refractivity contribution is 14.0. The Morgan fingerprint density at radius 2 is 2.09 bits per heavy atom. The number of nitrogens with one attached hydrogen (secondary N) is 2. The number of nitrogens with zero attached hydrogens (tertiary/aromatic N) is 3. The van der Waals surface area contributed by atoms with Crippen LogP contribution in [0.2, 0.25) is 0 Å². The van der Waals surface area contributed by atoms with Gasteiger partial charge in [0.2, 0.25) is 5.89 Å². The molecule has 0 bridgehead atoms. The summed E-state index contributed by atoms with van der Waals surface area (Å²) in [5, 5.41) is 9.84. The molecule has 0 saturated carbocycles. The van der Waals surface area contributed by atoms with Gasteiger partial charge < -0.3 is 15.2 Å². The fourth-order valence-electron chi connectivity index (χ4n) is 1.84. The van der Waals surface area contributed by atoms with E-state index in [9.17, 15) is 8.78 Å². The molecule has 1 aromatic carbocycles. The van der Waals surface area contributed by atoms with Crippen molar-refractivity contribution in [1.82, 2.24) is 20.8 Å². The van der Waals surface area contributed by atoms with Gasteiger partial charge in [0.1, 0.15) is 0 Å². The molecule has 2 rings (SSSR count). The molecule has 0 fully saturated rings. The van der Waals surface area contributed by atoms with E-state index in [1.807, 2.05) is 6.92 Å². The second-order valence-electron chi connectivity index (χ2n) is 4.69. The van der Waals surface area contributed by atoms with Crippen LogP contribution in [0.15, 0.2) is 27.7 Å². The maximum atomic E-state index is 13.3. The molecule has 2 N–H and O–H groups in total. The minimum absolute atomic E-state index is 0. The number of hydrogen-bond donors (Lipinski definition) is 2. The summed E-state index contributed by atoms with van der Waals surface area (Å²) in [4.78, 5) is 8.12. The van der Waals surface area contributed by atoms with Crippen molar-refractivity contribution in [3.05, 3.63) is 47.1 Å². The van der Waals surface area contributed by atoms with Gasteiger partial charge in [0, 0.05) is 14.0 Å². The van der Waals surface area contributed by atoms with E-state index >= 15 is 0 Å². The highest BCUT2D eigenvalue weighted by Crippen LogP contribution is 2.15. The van der Waals surface area contributed by atoms with Crippen molar-refractivity contribution in [2.24, 2.45) is 4.99 Å². The molecule has 0 spiro atoms. The SMILES string of the molecule is CN=C(NCc1noc(C)n1)NC(C)c1ccc(F)c(F)c1.I. The van der Waals surface area contributed by atoms with E-state index < -0.39 is 11.6 Å². The Bertz CT molecular complexity index is 677. The second kappa shape index (κ2) is 8.75. The molecule has 23 heavy (non-hydrogen) atoms. The van der Waals surface area contributed by atoms with E-state index in [2.05, 4.69) is 25.8 Å². The summed E-state index contributed by atoms with van der Waals surface area (Å²) >= 11 is 0. The van der Waals surface area contributed by atoms with E-state index in [-0.39, 0.29) is 30.0 Å². The summed E-state index contributed by atoms with van der Waals surface area (Å²) in [7, 11) is 1.61. The Morgan fingerprint density at radius 1 is 1.35 bits per heavy atom. The number of aromatic nitrogens is 2. The van der Waals surface area contributed by atoms with Crippen LogP contribution >= 0.6 is 24.0 Å². The quantitative estimate of drug-likeness (QED) is 0.437. The number of benzene rings is 1. The first-order valence-corrected chi connectivity index (χ1v) is 6.71.